The maximum absolute atomic E-state index is 5.99. The molecule has 80 valence electrons. The van der Waals surface area contributed by atoms with Crippen molar-refractivity contribution in [2.75, 3.05) is 5.75 Å². The summed E-state index contributed by atoms with van der Waals surface area (Å²) in [6.45, 7) is 8.15. The number of thioether (sulfide) groups is 1. The van der Waals surface area contributed by atoms with E-state index in [1.807, 2.05) is 0 Å². The fourth-order valence-electron chi connectivity index (χ4n) is 0.748. The SMILES string of the molecule is Cc1nnc(SCC(N)C(C)(C)C)o1. The second-order valence-electron chi connectivity index (χ2n) is 4.37. The van der Waals surface area contributed by atoms with Gasteiger partial charge < -0.3 is 10.2 Å². The molecule has 0 amide bonds. The molecule has 2 N–H and O–H groups in total. The molecule has 4 nitrogen and oxygen atoms in total. The van der Waals surface area contributed by atoms with E-state index in [0.717, 1.165) is 5.75 Å². The van der Waals surface area contributed by atoms with Crippen molar-refractivity contribution in [2.45, 2.75) is 39.0 Å². The topological polar surface area (TPSA) is 64.9 Å². The van der Waals surface area contributed by atoms with Crippen molar-refractivity contribution in [3.05, 3.63) is 5.89 Å². The molecule has 0 spiro atoms. The smallest absolute Gasteiger partial charge is 0.276 e. The van der Waals surface area contributed by atoms with E-state index in [1.165, 1.54) is 11.8 Å². The highest BCUT2D eigenvalue weighted by atomic mass is 32.2. The number of nitrogens with zero attached hydrogens (tertiary/aromatic N) is 2. The molecular formula is C9H17N3OS. The van der Waals surface area contributed by atoms with Crippen molar-refractivity contribution < 1.29 is 4.42 Å². The van der Waals surface area contributed by atoms with Gasteiger partial charge >= 0.3 is 0 Å². The van der Waals surface area contributed by atoms with Gasteiger partial charge in [0.25, 0.3) is 5.22 Å². The van der Waals surface area contributed by atoms with Crippen molar-refractivity contribution in [1.82, 2.24) is 10.2 Å². The molecule has 1 rings (SSSR count). The molecule has 5 heteroatoms. The zero-order valence-electron chi connectivity index (χ0n) is 9.07. The van der Waals surface area contributed by atoms with E-state index in [-0.39, 0.29) is 11.5 Å². The molecule has 14 heavy (non-hydrogen) atoms. The van der Waals surface area contributed by atoms with Crippen LogP contribution >= 0.6 is 11.8 Å². The van der Waals surface area contributed by atoms with Gasteiger partial charge in [-0.05, 0) is 5.41 Å². The first kappa shape index (κ1) is 11.5. The van der Waals surface area contributed by atoms with Crippen LogP contribution in [0.2, 0.25) is 0 Å². The quantitative estimate of drug-likeness (QED) is 0.779. The minimum absolute atomic E-state index is 0.113. The number of hydrogen-bond acceptors (Lipinski definition) is 5. The maximum Gasteiger partial charge on any atom is 0.276 e. The van der Waals surface area contributed by atoms with Crippen LogP contribution in [0, 0.1) is 12.3 Å². The predicted molar refractivity (Wildman–Crippen MR) is 57.2 cm³/mol. The summed E-state index contributed by atoms with van der Waals surface area (Å²) in [4.78, 5) is 0. The number of aryl methyl sites for hydroxylation is 1. The standard InChI is InChI=1S/C9H17N3OS/c1-6-11-12-8(13-6)14-5-7(10)9(2,3)4/h7H,5,10H2,1-4H3. The average molecular weight is 215 g/mol. The van der Waals surface area contributed by atoms with E-state index in [2.05, 4.69) is 31.0 Å². The third kappa shape index (κ3) is 3.31. The van der Waals surface area contributed by atoms with Gasteiger partial charge in [0.15, 0.2) is 0 Å². The highest BCUT2D eigenvalue weighted by molar-refractivity contribution is 7.99. The van der Waals surface area contributed by atoms with E-state index in [0.29, 0.717) is 11.1 Å². The molecule has 1 heterocycles. The van der Waals surface area contributed by atoms with Crippen LogP contribution in [0.1, 0.15) is 26.7 Å². The first-order chi connectivity index (χ1) is 6.39. The fourth-order valence-corrected chi connectivity index (χ4v) is 1.85. The first-order valence-electron chi connectivity index (χ1n) is 4.58. The summed E-state index contributed by atoms with van der Waals surface area (Å²) >= 11 is 1.51. The molecule has 0 fully saturated rings. The second kappa shape index (κ2) is 4.31. The molecule has 1 unspecified atom stereocenters. The summed E-state index contributed by atoms with van der Waals surface area (Å²) in [6.07, 6.45) is 0. The van der Waals surface area contributed by atoms with Gasteiger partial charge in [-0.3, -0.25) is 0 Å². The molecule has 0 saturated heterocycles. The molecule has 0 bridgehead atoms. The van der Waals surface area contributed by atoms with Crippen molar-refractivity contribution in [2.24, 2.45) is 11.1 Å². The van der Waals surface area contributed by atoms with Gasteiger partial charge in [-0.2, -0.15) is 0 Å². The van der Waals surface area contributed by atoms with E-state index in [9.17, 15) is 0 Å². The molecule has 0 aliphatic rings. The Morgan fingerprint density at radius 3 is 2.50 bits per heavy atom. The Morgan fingerprint density at radius 2 is 2.07 bits per heavy atom. The summed E-state index contributed by atoms with van der Waals surface area (Å²) in [5.41, 5.74) is 6.11. The normalized spacial score (nSPS) is 14.4. The first-order valence-corrected chi connectivity index (χ1v) is 5.56. The summed E-state index contributed by atoms with van der Waals surface area (Å²) in [5, 5.41) is 8.24. The number of nitrogens with two attached hydrogens (primary N) is 1. The fraction of sp³-hybridized carbons (Fsp3) is 0.778. The predicted octanol–water partition coefficient (Wildman–Crippen LogP) is 1.84. The average Bonchev–Trinajstić information content (AvgIpc) is 2.45. The minimum atomic E-state index is 0.113. The van der Waals surface area contributed by atoms with E-state index in [1.54, 1.807) is 6.92 Å². The zero-order valence-corrected chi connectivity index (χ0v) is 9.89. The lowest BCUT2D eigenvalue weighted by Crippen LogP contribution is -2.37. The van der Waals surface area contributed by atoms with Gasteiger partial charge in [-0.25, -0.2) is 0 Å². The summed E-state index contributed by atoms with van der Waals surface area (Å²) in [7, 11) is 0. The van der Waals surface area contributed by atoms with Gasteiger partial charge in [-0.15, -0.1) is 10.2 Å². The molecule has 0 radical (unpaired) electrons. The van der Waals surface area contributed by atoms with Gasteiger partial charge in [0.1, 0.15) is 0 Å². The van der Waals surface area contributed by atoms with E-state index in [4.69, 9.17) is 10.2 Å². The lowest BCUT2D eigenvalue weighted by Gasteiger charge is -2.25. The van der Waals surface area contributed by atoms with Crippen LogP contribution in [0.15, 0.2) is 9.64 Å². The van der Waals surface area contributed by atoms with E-state index < -0.39 is 0 Å². The Balaban J connectivity index is 2.41. The van der Waals surface area contributed by atoms with Crippen LogP contribution < -0.4 is 5.73 Å². The Labute approximate surface area is 88.7 Å². The second-order valence-corrected chi connectivity index (χ2v) is 5.34. The van der Waals surface area contributed by atoms with Gasteiger partial charge in [0.2, 0.25) is 5.89 Å². The van der Waals surface area contributed by atoms with Crippen LogP contribution in [-0.4, -0.2) is 22.0 Å². The zero-order chi connectivity index (χ0) is 10.8. The Morgan fingerprint density at radius 1 is 1.43 bits per heavy atom. The highest BCUT2D eigenvalue weighted by Gasteiger charge is 2.21. The van der Waals surface area contributed by atoms with Crippen LogP contribution in [-0.2, 0) is 0 Å². The van der Waals surface area contributed by atoms with E-state index >= 15 is 0 Å². The van der Waals surface area contributed by atoms with Crippen molar-refractivity contribution in [1.29, 1.82) is 0 Å². The van der Waals surface area contributed by atoms with Crippen molar-refractivity contribution in [3.8, 4) is 0 Å². The Kier molecular flexibility index (Phi) is 3.55. The largest absolute Gasteiger partial charge is 0.416 e. The van der Waals surface area contributed by atoms with Crippen LogP contribution in [0.3, 0.4) is 0 Å². The lowest BCUT2D eigenvalue weighted by molar-refractivity contribution is 0.343. The highest BCUT2D eigenvalue weighted by Crippen LogP contribution is 2.24. The van der Waals surface area contributed by atoms with Crippen LogP contribution in [0.25, 0.3) is 0 Å². The molecule has 1 atom stereocenters. The van der Waals surface area contributed by atoms with Crippen LogP contribution in [0.5, 0.6) is 0 Å². The minimum Gasteiger partial charge on any atom is -0.416 e. The molecule has 0 saturated carbocycles. The third-order valence-corrected chi connectivity index (χ3v) is 2.94. The molecule has 1 aromatic rings. The monoisotopic (exact) mass is 215 g/mol. The van der Waals surface area contributed by atoms with Crippen molar-refractivity contribution >= 4 is 11.8 Å². The molecule has 0 aromatic carbocycles. The third-order valence-electron chi connectivity index (χ3n) is 2.01. The number of aromatic nitrogens is 2. The Hall–Kier alpha value is -0.550. The molecule has 0 aliphatic carbocycles. The van der Waals surface area contributed by atoms with Gasteiger partial charge in [-0.1, -0.05) is 32.5 Å². The molecular weight excluding hydrogens is 198 g/mol. The lowest BCUT2D eigenvalue weighted by atomic mass is 9.89. The number of hydrogen-bond donors (Lipinski definition) is 1. The van der Waals surface area contributed by atoms with Crippen LogP contribution in [0.4, 0.5) is 0 Å². The van der Waals surface area contributed by atoms with Gasteiger partial charge in [0, 0.05) is 18.7 Å². The molecule has 1 aromatic heterocycles. The summed E-state index contributed by atoms with van der Waals surface area (Å²) < 4.78 is 5.23. The Bertz CT molecular complexity index is 292. The summed E-state index contributed by atoms with van der Waals surface area (Å²) in [6, 6.07) is 0.125. The number of rotatable bonds is 3. The van der Waals surface area contributed by atoms with Crippen molar-refractivity contribution in [3.63, 3.8) is 0 Å². The van der Waals surface area contributed by atoms with Gasteiger partial charge in [0.05, 0.1) is 0 Å². The maximum atomic E-state index is 5.99. The molecule has 0 aliphatic heterocycles. The summed E-state index contributed by atoms with van der Waals surface area (Å²) in [5.74, 6) is 1.39.